The molecule has 2 amide bonds. The largest absolute Gasteiger partial charge is 0.507 e. The Balaban J connectivity index is 1.59. The first-order valence-corrected chi connectivity index (χ1v) is 8.65. The molecule has 7 heteroatoms. The molecule has 1 aliphatic rings. The fraction of sp³-hybridized carbons (Fsp3) is 0.263. The zero-order chi connectivity index (χ0) is 18.5. The molecule has 0 bridgehead atoms. The van der Waals surface area contributed by atoms with E-state index in [0.717, 1.165) is 5.56 Å². The topological polar surface area (TPSA) is 78.9 Å². The maximum absolute atomic E-state index is 12.4. The molecule has 3 rings (SSSR count). The third kappa shape index (κ3) is 4.33. The van der Waals surface area contributed by atoms with Crippen LogP contribution in [0.15, 0.2) is 42.5 Å². The number of phenols is 1. The number of rotatable bonds is 4. The summed E-state index contributed by atoms with van der Waals surface area (Å²) in [5.74, 6) is -0.565. The predicted molar refractivity (Wildman–Crippen MR) is 97.5 cm³/mol. The van der Waals surface area contributed by atoms with Gasteiger partial charge in [-0.25, -0.2) is 0 Å². The van der Waals surface area contributed by atoms with Crippen LogP contribution in [0.2, 0.25) is 5.02 Å². The Morgan fingerprint density at radius 1 is 1.12 bits per heavy atom. The van der Waals surface area contributed by atoms with E-state index in [2.05, 4.69) is 5.32 Å². The SMILES string of the molecule is O=C(NCc1ccc(C(=O)N2CCOCC2)cc1)c1cc(Cl)ccc1O. The summed E-state index contributed by atoms with van der Waals surface area (Å²) in [6, 6.07) is 11.4. The average molecular weight is 375 g/mol. The number of nitrogens with one attached hydrogen (secondary N) is 1. The zero-order valence-corrected chi connectivity index (χ0v) is 14.8. The third-order valence-corrected chi connectivity index (χ3v) is 4.39. The maximum Gasteiger partial charge on any atom is 0.255 e. The van der Waals surface area contributed by atoms with Crippen molar-refractivity contribution in [3.63, 3.8) is 0 Å². The molecule has 0 saturated carbocycles. The quantitative estimate of drug-likeness (QED) is 0.861. The lowest BCUT2D eigenvalue weighted by Gasteiger charge is -2.26. The fourth-order valence-corrected chi connectivity index (χ4v) is 2.85. The second-order valence-electron chi connectivity index (χ2n) is 5.95. The number of ether oxygens (including phenoxy) is 1. The van der Waals surface area contributed by atoms with Crippen LogP contribution in [0.3, 0.4) is 0 Å². The third-order valence-electron chi connectivity index (χ3n) is 4.16. The zero-order valence-electron chi connectivity index (χ0n) is 14.1. The van der Waals surface area contributed by atoms with E-state index in [1.54, 1.807) is 29.2 Å². The first kappa shape index (κ1) is 18.2. The predicted octanol–water partition coefficient (Wildman–Crippen LogP) is 2.45. The normalized spacial score (nSPS) is 14.1. The van der Waals surface area contributed by atoms with Crippen molar-refractivity contribution in [1.82, 2.24) is 10.2 Å². The number of phenolic OH excluding ortho intramolecular Hbond substituents is 1. The molecule has 1 heterocycles. The van der Waals surface area contributed by atoms with Gasteiger partial charge in [-0.3, -0.25) is 9.59 Å². The summed E-state index contributed by atoms with van der Waals surface area (Å²) < 4.78 is 5.25. The molecule has 2 aromatic carbocycles. The number of benzene rings is 2. The molecular formula is C19H19ClN2O4. The number of hydrogen-bond acceptors (Lipinski definition) is 4. The number of carbonyl (C=O) groups is 2. The van der Waals surface area contributed by atoms with Gasteiger partial charge in [-0.1, -0.05) is 23.7 Å². The highest BCUT2D eigenvalue weighted by Crippen LogP contribution is 2.21. The van der Waals surface area contributed by atoms with Crippen LogP contribution >= 0.6 is 11.6 Å². The van der Waals surface area contributed by atoms with Crippen LogP contribution in [0.5, 0.6) is 5.75 Å². The molecule has 2 aromatic rings. The number of aromatic hydroxyl groups is 1. The molecule has 1 saturated heterocycles. The van der Waals surface area contributed by atoms with Gasteiger partial charge in [-0.05, 0) is 35.9 Å². The van der Waals surface area contributed by atoms with Crippen LogP contribution in [-0.4, -0.2) is 48.1 Å². The second kappa shape index (κ2) is 8.21. The monoisotopic (exact) mass is 374 g/mol. The Morgan fingerprint density at radius 2 is 1.81 bits per heavy atom. The van der Waals surface area contributed by atoms with Crippen LogP contribution < -0.4 is 5.32 Å². The Bertz CT molecular complexity index is 802. The molecule has 0 aliphatic carbocycles. The average Bonchev–Trinajstić information content (AvgIpc) is 2.68. The van der Waals surface area contributed by atoms with Crippen molar-refractivity contribution in [1.29, 1.82) is 0 Å². The first-order valence-electron chi connectivity index (χ1n) is 8.27. The molecule has 136 valence electrons. The van der Waals surface area contributed by atoms with Crippen LogP contribution in [-0.2, 0) is 11.3 Å². The van der Waals surface area contributed by atoms with Gasteiger partial charge in [0.1, 0.15) is 5.75 Å². The standard InChI is InChI=1S/C19H19ClN2O4/c20-15-5-6-17(23)16(11-15)18(24)21-12-13-1-3-14(4-2-13)19(25)22-7-9-26-10-8-22/h1-6,11,23H,7-10,12H2,(H,21,24). The Kier molecular flexibility index (Phi) is 5.75. The molecule has 0 aromatic heterocycles. The molecule has 1 aliphatic heterocycles. The fourth-order valence-electron chi connectivity index (χ4n) is 2.68. The lowest BCUT2D eigenvalue weighted by Crippen LogP contribution is -2.40. The van der Waals surface area contributed by atoms with Gasteiger partial charge < -0.3 is 20.1 Å². The molecule has 0 unspecified atom stereocenters. The van der Waals surface area contributed by atoms with Gasteiger partial charge in [0.15, 0.2) is 0 Å². The minimum Gasteiger partial charge on any atom is -0.507 e. The van der Waals surface area contributed by atoms with E-state index in [9.17, 15) is 14.7 Å². The minimum absolute atomic E-state index is 0.0206. The van der Waals surface area contributed by atoms with Crippen molar-refractivity contribution in [2.45, 2.75) is 6.54 Å². The first-order chi connectivity index (χ1) is 12.5. The molecule has 0 atom stereocenters. The summed E-state index contributed by atoms with van der Waals surface area (Å²) in [4.78, 5) is 26.3. The molecule has 0 radical (unpaired) electrons. The van der Waals surface area contributed by atoms with Gasteiger partial charge in [0.05, 0.1) is 18.8 Å². The highest BCUT2D eigenvalue weighted by molar-refractivity contribution is 6.31. The van der Waals surface area contributed by atoms with E-state index in [1.165, 1.54) is 18.2 Å². The van der Waals surface area contributed by atoms with Crippen LogP contribution in [0.25, 0.3) is 0 Å². The van der Waals surface area contributed by atoms with Gasteiger partial charge in [-0.2, -0.15) is 0 Å². The van der Waals surface area contributed by atoms with E-state index in [1.807, 2.05) is 0 Å². The number of amides is 2. The van der Waals surface area contributed by atoms with Crippen LogP contribution in [0.4, 0.5) is 0 Å². The lowest BCUT2D eigenvalue weighted by atomic mass is 10.1. The minimum atomic E-state index is -0.418. The second-order valence-corrected chi connectivity index (χ2v) is 6.38. The Labute approximate surface area is 156 Å². The van der Waals surface area contributed by atoms with Crippen molar-refractivity contribution in [2.24, 2.45) is 0 Å². The molecule has 0 spiro atoms. The van der Waals surface area contributed by atoms with Crippen molar-refractivity contribution < 1.29 is 19.4 Å². The van der Waals surface area contributed by atoms with Crippen molar-refractivity contribution in [3.05, 3.63) is 64.2 Å². The Morgan fingerprint density at radius 3 is 2.50 bits per heavy atom. The molecule has 2 N–H and O–H groups in total. The van der Waals surface area contributed by atoms with Crippen LogP contribution in [0.1, 0.15) is 26.3 Å². The molecule has 26 heavy (non-hydrogen) atoms. The Hall–Kier alpha value is -2.57. The van der Waals surface area contributed by atoms with Gasteiger partial charge in [0, 0.05) is 30.2 Å². The lowest BCUT2D eigenvalue weighted by molar-refractivity contribution is 0.0303. The number of hydrogen-bond donors (Lipinski definition) is 2. The van der Waals surface area contributed by atoms with E-state index in [-0.39, 0.29) is 23.8 Å². The van der Waals surface area contributed by atoms with Gasteiger partial charge in [-0.15, -0.1) is 0 Å². The van der Waals surface area contributed by atoms with Gasteiger partial charge in [0.25, 0.3) is 11.8 Å². The van der Waals surface area contributed by atoms with Gasteiger partial charge in [0.2, 0.25) is 0 Å². The summed E-state index contributed by atoms with van der Waals surface area (Å²) in [5.41, 5.74) is 1.57. The van der Waals surface area contributed by atoms with E-state index < -0.39 is 5.91 Å². The summed E-state index contributed by atoms with van der Waals surface area (Å²) in [6.07, 6.45) is 0. The van der Waals surface area contributed by atoms with E-state index in [0.29, 0.717) is 36.9 Å². The summed E-state index contributed by atoms with van der Waals surface area (Å²) >= 11 is 5.85. The molecule has 6 nitrogen and oxygen atoms in total. The van der Waals surface area contributed by atoms with E-state index in [4.69, 9.17) is 16.3 Å². The molecule has 1 fully saturated rings. The van der Waals surface area contributed by atoms with Crippen molar-refractivity contribution in [2.75, 3.05) is 26.3 Å². The smallest absolute Gasteiger partial charge is 0.255 e. The number of carbonyl (C=O) groups excluding carboxylic acids is 2. The summed E-state index contributed by atoms with van der Waals surface area (Å²) in [6.45, 7) is 2.59. The number of nitrogens with zero attached hydrogens (tertiary/aromatic N) is 1. The van der Waals surface area contributed by atoms with Crippen molar-refractivity contribution in [3.8, 4) is 5.75 Å². The summed E-state index contributed by atoms with van der Waals surface area (Å²) in [7, 11) is 0. The maximum atomic E-state index is 12.4. The molecular weight excluding hydrogens is 356 g/mol. The highest BCUT2D eigenvalue weighted by atomic mass is 35.5. The highest BCUT2D eigenvalue weighted by Gasteiger charge is 2.18. The number of halogens is 1. The number of morpholine rings is 1. The van der Waals surface area contributed by atoms with Gasteiger partial charge >= 0.3 is 0 Å². The van der Waals surface area contributed by atoms with E-state index >= 15 is 0 Å². The van der Waals surface area contributed by atoms with Crippen molar-refractivity contribution >= 4 is 23.4 Å². The van der Waals surface area contributed by atoms with Crippen LogP contribution in [0, 0.1) is 0 Å². The summed E-state index contributed by atoms with van der Waals surface area (Å²) in [5, 5.41) is 12.9.